The maximum absolute atomic E-state index is 11.8. The van der Waals surface area contributed by atoms with E-state index in [-0.39, 0.29) is 0 Å². The number of carbonyl (C=O) groups excluding carboxylic acids is 1. The van der Waals surface area contributed by atoms with Crippen molar-refractivity contribution in [1.29, 1.82) is 0 Å². The monoisotopic (exact) mass is 337 g/mol. The highest BCUT2D eigenvalue weighted by Crippen LogP contribution is 2.25. The van der Waals surface area contributed by atoms with E-state index in [2.05, 4.69) is 4.98 Å². The van der Waals surface area contributed by atoms with Crippen LogP contribution >= 0.6 is 0 Å². The Bertz CT molecular complexity index is 961. The molecule has 0 aliphatic heterocycles. The normalized spacial score (nSPS) is 11.1. The van der Waals surface area contributed by atoms with Gasteiger partial charge in [-0.25, -0.2) is 4.79 Å². The number of hydrogen-bond donors (Lipinski definition) is 0. The van der Waals surface area contributed by atoms with E-state index in [1.165, 1.54) is 13.2 Å². The van der Waals surface area contributed by atoms with E-state index in [0.717, 1.165) is 22.7 Å². The van der Waals surface area contributed by atoms with Gasteiger partial charge in [0.25, 0.3) is 0 Å². The predicted octanol–water partition coefficient (Wildman–Crippen LogP) is 3.12. The summed E-state index contributed by atoms with van der Waals surface area (Å²) in [7, 11) is 1.31. The largest absolute Gasteiger partial charge is 0.465 e. The quantitative estimate of drug-likeness (QED) is 0.405. The molecular formula is C18H15N3O4. The Morgan fingerprint density at radius 1 is 1.40 bits per heavy atom. The molecule has 2 heterocycles. The highest BCUT2D eigenvalue weighted by molar-refractivity contribution is 5.97. The van der Waals surface area contributed by atoms with Crippen LogP contribution in [0.5, 0.6) is 0 Å². The smallest absolute Gasteiger partial charge is 0.337 e. The van der Waals surface area contributed by atoms with Crippen molar-refractivity contribution in [3.63, 3.8) is 0 Å². The molecule has 0 saturated carbocycles. The molecular weight excluding hydrogens is 322 g/mol. The molecule has 7 nitrogen and oxygen atoms in total. The number of esters is 1. The lowest BCUT2D eigenvalue weighted by molar-refractivity contribution is -0.400. The number of fused-ring (bicyclic) bond motifs is 1. The predicted molar refractivity (Wildman–Crippen MR) is 92.6 cm³/mol. The van der Waals surface area contributed by atoms with Crippen LogP contribution in [0.3, 0.4) is 0 Å². The van der Waals surface area contributed by atoms with Crippen molar-refractivity contribution in [1.82, 2.24) is 9.55 Å². The summed E-state index contributed by atoms with van der Waals surface area (Å²) in [6, 6.07) is 8.97. The Hall–Kier alpha value is -3.48. The van der Waals surface area contributed by atoms with Crippen LogP contribution in [0.4, 0.5) is 0 Å². The van der Waals surface area contributed by atoms with Crippen molar-refractivity contribution >= 4 is 22.9 Å². The van der Waals surface area contributed by atoms with Crippen LogP contribution in [0, 0.1) is 10.1 Å². The van der Waals surface area contributed by atoms with E-state index in [0.29, 0.717) is 17.7 Å². The van der Waals surface area contributed by atoms with Gasteiger partial charge < -0.3 is 9.30 Å². The molecule has 0 saturated heterocycles. The van der Waals surface area contributed by atoms with Gasteiger partial charge >= 0.3 is 5.97 Å². The zero-order chi connectivity index (χ0) is 17.8. The van der Waals surface area contributed by atoms with Crippen LogP contribution in [0.25, 0.3) is 17.0 Å². The Morgan fingerprint density at radius 2 is 2.24 bits per heavy atom. The van der Waals surface area contributed by atoms with Crippen molar-refractivity contribution in [3.8, 4) is 0 Å². The molecule has 0 amide bonds. The molecule has 2 aromatic heterocycles. The molecule has 1 aromatic carbocycles. The minimum atomic E-state index is -0.519. The lowest BCUT2D eigenvalue weighted by Gasteiger charge is -2.06. The number of benzene rings is 1. The van der Waals surface area contributed by atoms with Crippen LogP contribution in [-0.2, 0) is 11.3 Å². The van der Waals surface area contributed by atoms with E-state index in [1.54, 1.807) is 30.6 Å². The summed E-state index contributed by atoms with van der Waals surface area (Å²) in [5, 5.41) is 11.4. The van der Waals surface area contributed by atoms with Crippen molar-refractivity contribution in [3.05, 3.63) is 81.9 Å². The topological polar surface area (TPSA) is 87.3 Å². The first kappa shape index (κ1) is 16.4. The first-order chi connectivity index (χ1) is 12.1. The second-order valence-electron chi connectivity index (χ2n) is 5.40. The maximum Gasteiger partial charge on any atom is 0.337 e. The summed E-state index contributed by atoms with van der Waals surface area (Å²) in [5.41, 5.74) is 2.91. The van der Waals surface area contributed by atoms with Gasteiger partial charge in [-0.3, -0.25) is 15.1 Å². The van der Waals surface area contributed by atoms with Crippen LogP contribution < -0.4 is 0 Å². The molecule has 0 bridgehead atoms. The van der Waals surface area contributed by atoms with Gasteiger partial charge in [-0.1, -0.05) is 6.07 Å². The van der Waals surface area contributed by atoms with E-state index in [1.807, 2.05) is 22.9 Å². The third kappa shape index (κ3) is 3.55. The van der Waals surface area contributed by atoms with Crippen molar-refractivity contribution in [2.75, 3.05) is 7.11 Å². The first-order valence-corrected chi connectivity index (χ1v) is 7.50. The number of rotatable bonds is 5. The lowest BCUT2D eigenvalue weighted by Crippen LogP contribution is -2.01. The lowest BCUT2D eigenvalue weighted by atomic mass is 10.1. The number of methoxy groups -OCH3 is 1. The number of nitrogens with zero attached hydrogens (tertiary/aromatic N) is 3. The van der Waals surface area contributed by atoms with Crippen LogP contribution in [-0.4, -0.2) is 27.6 Å². The summed E-state index contributed by atoms with van der Waals surface area (Å²) < 4.78 is 6.71. The van der Waals surface area contributed by atoms with Gasteiger partial charge in [0.05, 0.1) is 17.6 Å². The SMILES string of the molecule is COC(=O)c1ccc2c(c1)c(C=C[N+](=O)[O-])cn2Cc1cccnc1. The van der Waals surface area contributed by atoms with Gasteiger partial charge in [-0.15, -0.1) is 0 Å². The van der Waals surface area contributed by atoms with Crippen LogP contribution in [0.15, 0.2) is 55.1 Å². The molecule has 0 fully saturated rings. The molecule has 3 rings (SSSR count). The van der Waals surface area contributed by atoms with Gasteiger partial charge in [0.2, 0.25) is 6.20 Å². The number of carbonyl (C=O) groups is 1. The highest BCUT2D eigenvalue weighted by atomic mass is 16.6. The van der Waals surface area contributed by atoms with E-state index in [4.69, 9.17) is 4.74 Å². The fourth-order valence-electron chi connectivity index (χ4n) is 2.66. The van der Waals surface area contributed by atoms with Crippen LogP contribution in [0.1, 0.15) is 21.5 Å². The van der Waals surface area contributed by atoms with Crippen molar-refractivity contribution in [2.24, 2.45) is 0 Å². The molecule has 0 aliphatic carbocycles. The second kappa shape index (κ2) is 6.96. The maximum atomic E-state index is 11.8. The number of aromatic nitrogens is 2. The van der Waals surface area contributed by atoms with E-state index >= 15 is 0 Å². The van der Waals surface area contributed by atoms with Gasteiger partial charge in [0.15, 0.2) is 0 Å². The number of nitro groups is 1. The molecule has 3 aromatic rings. The Labute approximate surface area is 143 Å². The average Bonchev–Trinajstić information content (AvgIpc) is 2.97. The molecule has 25 heavy (non-hydrogen) atoms. The summed E-state index contributed by atoms with van der Waals surface area (Å²) in [4.78, 5) is 26.0. The molecule has 0 atom stereocenters. The average molecular weight is 337 g/mol. The second-order valence-corrected chi connectivity index (χ2v) is 5.40. The van der Waals surface area contributed by atoms with Gasteiger partial charge in [-0.2, -0.15) is 0 Å². The number of ether oxygens (including phenoxy) is 1. The summed E-state index contributed by atoms with van der Waals surface area (Å²) in [6.07, 6.45) is 7.59. The number of pyridine rings is 1. The molecule has 7 heteroatoms. The molecule has 0 spiro atoms. The summed E-state index contributed by atoms with van der Waals surface area (Å²) in [5.74, 6) is -0.453. The zero-order valence-electron chi connectivity index (χ0n) is 13.5. The van der Waals surface area contributed by atoms with Crippen LogP contribution in [0.2, 0.25) is 0 Å². The minimum absolute atomic E-state index is 0.393. The Kier molecular flexibility index (Phi) is 4.56. The van der Waals surface area contributed by atoms with Crippen molar-refractivity contribution < 1.29 is 14.5 Å². The Balaban J connectivity index is 2.11. The van der Waals surface area contributed by atoms with Gasteiger partial charge in [0.1, 0.15) is 0 Å². The van der Waals surface area contributed by atoms with Gasteiger partial charge in [0, 0.05) is 47.7 Å². The third-order valence-corrected chi connectivity index (χ3v) is 3.78. The third-order valence-electron chi connectivity index (χ3n) is 3.78. The zero-order valence-corrected chi connectivity index (χ0v) is 13.5. The molecule has 0 N–H and O–H groups in total. The molecule has 126 valence electrons. The molecule has 0 radical (unpaired) electrons. The van der Waals surface area contributed by atoms with E-state index < -0.39 is 10.9 Å². The fourth-order valence-corrected chi connectivity index (χ4v) is 2.66. The standard InChI is InChI=1S/C18H15N3O4/c1-25-18(22)14-4-5-17-16(9-14)15(6-8-21(23)24)12-20(17)11-13-3-2-7-19-10-13/h2-10,12H,11H2,1H3. The minimum Gasteiger partial charge on any atom is -0.465 e. The highest BCUT2D eigenvalue weighted by Gasteiger charge is 2.12. The molecule has 0 unspecified atom stereocenters. The molecule has 0 aliphatic rings. The number of hydrogen-bond acceptors (Lipinski definition) is 5. The van der Waals surface area contributed by atoms with Crippen molar-refractivity contribution in [2.45, 2.75) is 6.54 Å². The summed E-state index contributed by atoms with van der Waals surface area (Å²) >= 11 is 0. The van der Waals surface area contributed by atoms with E-state index in [9.17, 15) is 14.9 Å². The fraction of sp³-hybridized carbons (Fsp3) is 0.111. The van der Waals surface area contributed by atoms with Gasteiger partial charge in [-0.05, 0) is 29.8 Å². The Morgan fingerprint density at radius 3 is 2.92 bits per heavy atom. The summed E-state index contributed by atoms with van der Waals surface area (Å²) in [6.45, 7) is 0.564. The first-order valence-electron chi connectivity index (χ1n) is 7.50.